The van der Waals surface area contributed by atoms with Crippen molar-refractivity contribution in [2.45, 2.75) is 19.0 Å². The molecule has 0 atom stereocenters. The lowest BCUT2D eigenvalue weighted by atomic mass is 10.2. The monoisotopic (exact) mass is 249 g/mol. The van der Waals surface area contributed by atoms with Crippen molar-refractivity contribution in [1.82, 2.24) is 14.9 Å². The molecular formula is C10H14F3N3O. The Balaban J connectivity index is 2.20. The van der Waals surface area contributed by atoms with E-state index in [1.807, 2.05) is 0 Å². The molecule has 0 spiro atoms. The second-order valence-corrected chi connectivity index (χ2v) is 3.71. The molecule has 0 amide bonds. The smallest absolute Gasteiger partial charge is 0.338 e. The van der Waals surface area contributed by atoms with Crippen molar-refractivity contribution in [2.24, 2.45) is 7.05 Å². The number of aromatic nitrogens is 2. The van der Waals surface area contributed by atoms with Crippen LogP contribution < -0.4 is 5.32 Å². The normalized spacial score (nSPS) is 11.8. The molecule has 17 heavy (non-hydrogen) atoms. The highest BCUT2D eigenvalue weighted by atomic mass is 19.4. The number of carbonyl (C=O) groups is 1. The number of carbonyl (C=O) groups excluding carboxylic acids is 1. The summed E-state index contributed by atoms with van der Waals surface area (Å²) in [6.07, 6.45) is -0.283. The maximum Gasteiger partial charge on any atom is 0.401 e. The van der Waals surface area contributed by atoms with Crippen LogP contribution in [-0.2, 0) is 18.3 Å². The summed E-state index contributed by atoms with van der Waals surface area (Å²) in [5, 5.41) is 2.07. The van der Waals surface area contributed by atoms with Gasteiger partial charge in [-0.3, -0.25) is 4.79 Å². The maximum atomic E-state index is 11.8. The molecular weight excluding hydrogens is 235 g/mol. The van der Waals surface area contributed by atoms with E-state index in [2.05, 4.69) is 10.3 Å². The third-order valence-corrected chi connectivity index (χ3v) is 2.20. The maximum absolute atomic E-state index is 11.8. The minimum atomic E-state index is -4.28. The number of alkyl halides is 3. The number of aryl methyl sites for hydroxylation is 2. The summed E-state index contributed by atoms with van der Waals surface area (Å²) in [6, 6.07) is 0. The van der Waals surface area contributed by atoms with Gasteiger partial charge in [-0.2, -0.15) is 13.2 Å². The van der Waals surface area contributed by atoms with Crippen molar-refractivity contribution in [3.05, 3.63) is 18.2 Å². The molecule has 0 aliphatic carbocycles. The van der Waals surface area contributed by atoms with Gasteiger partial charge in [0.2, 0.25) is 0 Å². The topological polar surface area (TPSA) is 46.9 Å². The van der Waals surface area contributed by atoms with E-state index in [-0.39, 0.29) is 18.7 Å². The van der Waals surface area contributed by atoms with Crippen molar-refractivity contribution < 1.29 is 18.0 Å². The lowest BCUT2D eigenvalue weighted by molar-refractivity contribution is -0.127. The minimum absolute atomic E-state index is 0.190. The average Bonchev–Trinajstić information content (AvgIpc) is 2.59. The molecule has 0 aromatic carbocycles. The van der Waals surface area contributed by atoms with Crippen LogP contribution in [0.3, 0.4) is 0 Å². The van der Waals surface area contributed by atoms with Gasteiger partial charge in [-0.25, -0.2) is 4.98 Å². The molecule has 1 aromatic heterocycles. The van der Waals surface area contributed by atoms with Crippen LogP contribution in [0.4, 0.5) is 13.2 Å². The quantitative estimate of drug-likeness (QED) is 0.820. The van der Waals surface area contributed by atoms with Crippen LogP contribution in [0.5, 0.6) is 0 Å². The van der Waals surface area contributed by atoms with Gasteiger partial charge in [0.25, 0.3) is 0 Å². The standard InChI is InChI=1S/C10H14F3N3O/c1-16-5-4-15-9(16)3-2-8(17)6-14-7-10(11,12)13/h4-5,14H,2-3,6-7H2,1H3. The zero-order chi connectivity index (χ0) is 12.9. The Labute approximate surface area is 96.8 Å². The van der Waals surface area contributed by atoms with Crippen molar-refractivity contribution >= 4 is 5.78 Å². The first-order chi connectivity index (χ1) is 7.88. The van der Waals surface area contributed by atoms with Gasteiger partial charge in [0, 0.05) is 32.3 Å². The van der Waals surface area contributed by atoms with E-state index < -0.39 is 12.7 Å². The van der Waals surface area contributed by atoms with E-state index in [0.29, 0.717) is 6.42 Å². The highest BCUT2D eigenvalue weighted by molar-refractivity contribution is 5.80. The summed E-state index contributed by atoms with van der Waals surface area (Å²) in [5.74, 6) is 0.492. The average molecular weight is 249 g/mol. The molecule has 0 bridgehead atoms. The third-order valence-electron chi connectivity index (χ3n) is 2.20. The molecule has 4 nitrogen and oxygen atoms in total. The predicted octanol–water partition coefficient (Wildman–Crippen LogP) is 1.07. The predicted molar refractivity (Wildman–Crippen MR) is 55.5 cm³/mol. The number of nitrogens with one attached hydrogen (secondary N) is 1. The fourth-order valence-electron chi connectivity index (χ4n) is 1.32. The molecule has 1 rings (SSSR count). The molecule has 0 saturated carbocycles. The molecule has 7 heteroatoms. The molecule has 1 heterocycles. The van der Waals surface area contributed by atoms with Crippen molar-refractivity contribution in [3.63, 3.8) is 0 Å². The fourth-order valence-corrected chi connectivity index (χ4v) is 1.32. The van der Waals surface area contributed by atoms with Crippen molar-refractivity contribution in [2.75, 3.05) is 13.1 Å². The number of Topliss-reactive ketones (excluding diaryl/α,β-unsaturated/α-hetero) is 1. The van der Waals surface area contributed by atoms with Crippen LogP contribution in [0.1, 0.15) is 12.2 Å². The van der Waals surface area contributed by atoms with Crippen LogP contribution in [0.2, 0.25) is 0 Å². The van der Waals surface area contributed by atoms with Gasteiger partial charge in [-0.05, 0) is 0 Å². The minimum Gasteiger partial charge on any atom is -0.338 e. The Kier molecular flexibility index (Phi) is 4.68. The first-order valence-corrected chi connectivity index (χ1v) is 5.14. The number of hydrogen-bond donors (Lipinski definition) is 1. The first-order valence-electron chi connectivity index (χ1n) is 5.14. The van der Waals surface area contributed by atoms with Crippen molar-refractivity contribution in [3.8, 4) is 0 Å². The van der Waals surface area contributed by atoms with E-state index >= 15 is 0 Å². The summed E-state index contributed by atoms with van der Waals surface area (Å²) in [4.78, 5) is 15.3. The van der Waals surface area contributed by atoms with Crippen LogP contribution >= 0.6 is 0 Å². The second kappa shape index (κ2) is 5.81. The third kappa shape index (κ3) is 5.48. The summed E-state index contributed by atoms with van der Waals surface area (Å²) in [7, 11) is 1.80. The lowest BCUT2D eigenvalue weighted by Crippen LogP contribution is -2.32. The number of rotatable bonds is 6. The molecule has 0 radical (unpaired) electrons. The van der Waals surface area contributed by atoms with Crippen LogP contribution in [0.15, 0.2) is 12.4 Å². The van der Waals surface area contributed by atoms with Gasteiger partial charge in [0.05, 0.1) is 13.1 Å². The van der Waals surface area contributed by atoms with E-state index in [0.717, 1.165) is 5.82 Å². The SMILES string of the molecule is Cn1ccnc1CCC(=O)CNCC(F)(F)F. The van der Waals surface area contributed by atoms with Gasteiger partial charge >= 0.3 is 6.18 Å². The lowest BCUT2D eigenvalue weighted by Gasteiger charge is -2.07. The first kappa shape index (κ1) is 13.7. The Morgan fingerprint density at radius 1 is 1.53 bits per heavy atom. The molecule has 0 aliphatic rings. The number of ketones is 1. The van der Waals surface area contributed by atoms with Gasteiger partial charge < -0.3 is 9.88 Å². The Hall–Kier alpha value is -1.37. The summed E-state index contributed by atoms with van der Waals surface area (Å²) < 4.78 is 37.1. The molecule has 96 valence electrons. The Morgan fingerprint density at radius 3 is 2.76 bits per heavy atom. The zero-order valence-corrected chi connectivity index (χ0v) is 9.42. The van der Waals surface area contributed by atoms with Crippen molar-refractivity contribution in [1.29, 1.82) is 0 Å². The summed E-state index contributed by atoms with van der Waals surface area (Å²) in [6.45, 7) is -1.40. The molecule has 1 N–H and O–H groups in total. The van der Waals surface area contributed by atoms with Crippen LogP contribution in [-0.4, -0.2) is 34.6 Å². The largest absolute Gasteiger partial charge is 0.401 e. The van der Waals surface area contributed by atoms with Gasteiger partial charge in [-0.1, -0.05) is 0 Å². The Morgan fingerprint density at radius 2 is 2.24 bits per heavy atom. The summed E-state index contributed by atoms with van der Waals surface area (Å²) >= 11 is 0. The fraction of sp³-hybridized carbons (Fsp3) is 0.600. The van der Waals surface area contributed by atoms with Gasteiger partial charge in [0.15, 0.2) is 0 Å². The molecule has 0 aliphatic heterocycles. The molecule has 1 aromatic rings. The number of nitrogens with zero attached hydrogens (tertiary/aromatic N) is 2. The number of hydrogen-bond acceptors (Lipinski definition) is 3. The highest BCUT2D eigenvalue weighted by Crippen LogP contribution is 2.11. The number of halogens is 3. The van der Waals surface area contributed by atoms with Crippen LogP contribution in [0, 0.1) is 0 Å². The highest BCUT2D eigenvalue weighted by Gasteiger charge is 2.26. The van der Waals surface area contributed by atoms with Crippen LogP contribution in [0.25, 0.3) is 0 Å². The number of imidazole rings is 1. The van der Waals surface area contributed by atoms with E-state index in [4.69, 9.17) is 0 Å². The second-order valence-electron chi connectivity index (χ2n) is 3.71. The Bertz CT molecular complexity index is 373. The van der Waals surface area contributed by atoms with E-state index in [1.165, 1.54) is 0 Å². The molecule has 0 fully saturated rings. The van der Waals surface area contributed by atoms with Gasteiger partial charge in [0.1, 0.15) is 11.6 Å². The van der Waals surface area contributed by atoms with Gasteiger partial charge in [-0.15, -0.1) is 0 Å². The molecule has 0 unspecified atom stereocenters. The van der Waals surface area contributed by atoms with E-state index in [1.54, 1.807) is 24.0 Å². The van der Waals surface area contributed by atoms with E-state index in [9.17, 15) is 18.0 Å². The summed E-state index contributed by atoms with van der Waals surface area (Å²) in [5.41, 5.74) is 0. The molecule has 0 saturated heterocycles. The zero-order valence-electron chi connectivity index (χ0n) is 9.42.